The molecule has 1 unspecified atom stereocenters. The van der Waals surface area contributed by atoms with Gasteiger partial charge in [0.1, 0.15) is 16.8 Å². The van der Waals surface area contributed by atoms with Gasteiger partial charge in [0.25, 0.3) is 0 Å². The second kappa shape index (κ2) is 10.3. The van der Waals surface area contributed by atoms with E-state index in [9.17, 15) is 14.0 Å². The van der Waals surface area contributed by atoms with E-state index in [1.165, 1.54) is 31.0 Å². The number of nitrogens with zero attached hydrogens (tertiary/aromatic N) is 2. The van der Waals surface area contributed by atoms with Crippen LogP contribution in [0.2, 0.25) is 0 Å². The van der Waals surface area contributed by atoms with Crippen molar-refractivity contribution in [1.82, 2.24) is 4.90 Å². The molecule has 0 aromatic heterocycles. The first-order valence-electron chi connectivity index (χ1n) is 10.3. The molecule has 1 fully saturated rings. The number of hydrogen-bond acceptors (Lipinski definition) is 5. The smallest absolute Gasteiger partial charge is 0.242 e. The van der Waals surface area contributed by atoms with Crippen LogP contribution in [0.25, 0.3) is 0 Å². The lowest BCUT2D eigenvalue weighted by molar-refractivity contribution is -0.128. The molecule has 2 amide bonds. The van der Waals surface area contributed by atoms with Gasteiger partial charge < -0.3 is 10.1 Å². The van der Waals surface area contributed by atoms with Crippen LogP contribution >= 0.6 is 11.8 Å². The normalized spacial score (nSPS) is 16.8. The number of carbonyl (C=O) groups excluding carboxylic acids is 2. The van der Waals surface area contributed by atoms with Gasteiger partial charge in [0.15, 0.2) is 5.17 Å². The molecule has 0 spiro atoms. The van der Waals surface area contributed by atoms with Crippen molar-refractivity contribution in [3.63, 3.8) is 0 Å². The van der Waals surface area contributed by atoms with E-state index < -0.39 is 5.25 Å². The Morgan fingerprint density at radius 1 is 1.06 bits per heavy atom. The highest BCUT2D eigenvalue weighted by atomic mass is 32.2. The van der Waals surface area contributed by atoms with Crippen LogP contribution in [-0.2, 0) is 16.1 Å². The van der Waals surface area contributed by atoms with E-state index in [0.717, 1.165) is 5.56 Å². The molecule has 8 heteroatoms. The fourth-order valence-corrected chi connectivity index (χ4v) is 4.53. The van der Waals surface area contributed by atoms with Crippen LogP contribution in [0, 0.1) is 5.82 Å². The molecule has 6 nitrogen and oxygen atoms in total. The summed E-state index contributed by atoms with van der Waals surface area (Å²) in [6.45, 7) is 0.238. The molecule has 1 saturated heterocycles. The highest BCUT2D eigenvalue weighted by Crippen LogP contribution is 2.33. The molecule has 0 bridgehead atoms. The molecule has 0 saturated carbocycles. The van der Waals surface area contributed by atoms with Crippen LogP contribution in [0.4, 0.5) is 15.8 Å². The molecule has 1 heterocycles. The van der Waals surface area contributed by atoms with E-state index in [2.05, 4.69) is 10.3 Å². The molecule has 1 aliphatic rings. The third-order valence-corrected chi connectivity index (χ3v) is 6.18. The summed E-state index contributed by atoms with van der Waals surface area (Å²) >= 11 is 1.25. The van der Waals surface area contributed by atoms with Crippen LogP contribution in [0.3, 0.4) is 0 Å². The van der Waals surface area contributed by atoms with Gasteiger partial charge >= 0.3 is 0 Å². The lowest BCUT2D eigenvalue weighted by atomic mass is 10.2. The number of methoxy groups -OCH3 is 1. The molecule has 1 atom stereocenters. The Morgan fingerprint density at radius 3 is 2.48 bits per heavy atom. The van der Waals surface area contributed by atoms with Crippen LogP contribution in [0.15, 0.2) is 83.9 Å². The van der Waals surface area contributed by atoms with Crippen molar-refractivity contribution in [2.75, 3.05) is 12.4 Å². The topological polar surface area (TPSA) is 71.0 Å². The second-order valence-corrected chi connectivity index (χ2v) is 8.51. The molecule has 0 aliphatic carbocycles. The van der Waals surface area contributed by atoms with Gasteiger partial charge in [0, 0.05) is 6.42 Å². The number of halogens is 1. The summed E-state index contributed by atoms with van der Waals surface area (Å²) in [5.41, 5.74) is 2.02. The minimum absolute atomic E-state index is 0.0186. The third-order valence-electron chi connectivity index (χ3n) is 5.01. The SMILES string of the molecule is COc1ccccc1NC(=O)CC1SC(=Nc2ccccc2)N(Cc2ccc(F)cc2)C1=O. The Kier molecular flexibility index (Phi) is 7.04. The van der Waals surface area contributed by atoms with E-state index in [1.807, 2.05) is 36.4 Å². The average Bonchev–Trinajstić information content (AvgIpc) is 3.10. The minimum atomic E-state index is -0.623. The zero-order valence-electron chi connectivity index (χ0n) is 17.9. The van der Waals surface area contributed by atoms with Crippen LogP contribution in [0.5, 0.6) is 5.75 Å². The van der Waals surface area contributed by atoms with Crippen LogP contribution in [0.1, 0.15) is 12.0 Å². The van der Waals surface area contributed by atoms with E-state index in [4.69, 9.17) is 4.74 Å². The van der Waals surface area contributed by atoms with Crippen molar-refractivity contribution in [2.45, 2.75) is 18.2 Å². The molecule has 1 aliphatic heterocycles. The van der Waals surface area contributed by atoms with Gasteiger partial charge in [0.05, 0.1) is 25.0 Å². The Balaban J connectivity index is 1.54. The van der Waals surface area contributed by atoms with Gasteiger partial charge in [-0.2, -0.15) is 0 Å². The number of anilines is 1. The average molecular weight is 464 g/mol. The standard InChI is InChI=1S/C25H22FN3O3S/c1-32-21-10-6-5-9-20(21)28-23(30)15-22-24(31)29(16-17-11-13-18(26)14-12-17)25(33-22)27-19-7-3-2-4-8-19/h2-14,22H,15-16H2,1H3,(H,28,30). The van der Waals surface area contributed by atoms with E-state index >= 15 is 0 Å². The lowest BCUT2D eigenvalue weighted by Crippen LogP contribution is -2.33. The quantitative estimate of drug-likeness (QED) is 0.536. The fraction of sp³-hybridized carbons (Fsp3) is 0.160. The maximum atomic E-state index is 13.3. The third kappa shape index (κ3) is 5.59. The van der Waals surface area contributed by atoms with Crippen molar-refractivity contribution >= 4 is 40.1 Å². The van der Waals surface area contributed by atoms with Gasteiger partial charge in [-0.25, -0.2) is 9.38 Å². The molecule has 1 N–H and O–H groups in total. The summed E-state index contributed by atoms with van der Waals surface area (Å²) in [7, 11) is 1.53. The van der Waals surface area contributed by atoms with Gasteiger partial charge in [-0.3, -0.25) is 14.5 Å². The first-order valence-corrected chi connectivity index (χ1v) is 11.2. The number of ether oxygens (including phenoxy) is 1. The molecule has 3 aromatic rings. The molecule has 3 aromatic carbocycles. The maximum absolute atomic E-state index is 13.3. The number of amidine groups is 1. The zero-order valence-corrected chi connectivity index (χ0v) is 18.7. The molecular formula is C25H22FN3O3S. The van der Waals surface area contributed by atoms with Gasteiger partial charge in [0.2, 0.25) is 11.8 Å². The number of thioether (sulfide) groups is 1. The van der Waals surface area contributed by atoms with Crippen LogP contribution in [-0.4, -0.2) is 34.2 Å². The Bertz CT molecular complexity index is 1170. The van der Waals surface area contributed by atoms with Gasteiger partial charge in [-0.05, 0) is 42.0 Å². The zero-order chi connectivity index (χ0) is 23.2. The monoisotopic (exact) mass is 463 g/mol. The largest absolute Gasteiger partial charge is 0.495 e. The Hall–Kier alpha value is -3.65. The molecule has 33 heavy (non-hydrogen) atoms. The first kappa shape index (κ1) is 22.5. The van der Waals surface area contributed by atoms with Crippen molar-refractivity contribution in [3.8, 4) is 5.75 Å². The van der Waals surface area contributed by atoms with Crippen molar-refractivity contribution in [1.29, 1.82) is 0 Å². The summed E-state index contributed by atoms with van der Waals surface area (Å²) in [5.74, 6) is -0.312. The molecule has 0 radical (unpaired) electrons. The summed E-state index contributed by atoms with van der Waals surface area (Å²) in [5, 5.41) is 2.70. The number of carbonyl (C=O) groups is 2. The predicted molar refractivity (Wildman–Crippen MR) is 128 cm³/mol. The molecule has 168 valence electrons. The summed E-state index contributed by atoms with van der Waals surface area (Å²) < 4.78 is 18.6. The number of nitrogens with one attached hydrogen (secondary N) is 1. The maximum Gasteiger partial charge on any atom is 0.242 e. The van der Waals surface area contributed by atoms with Crippen LogP contribution < -0.4 is 10.1 Å². The molecular weight excluding hydrogens is 441 g/mol. The molecule has 4 rings (SSSR count). The highest BCUT2D eigenvalue weighted by molar-refractivity contribution is 8.15. The minimum Gasteiger partial charge on any atom is -0.495 e. The first-order chi connectivity index (χ1) is 16.0. The van der Waals surface area contributed by atoms with E-state index in [0.29, 0.717) is 22.3 Å². The highest BCUT2D eigenvalue weighted by Gasteiger charge is 2.39. The van der Waals surface area contributed by atoms with Gasteiger partial charge in [-0.1, -0.05) is 54.2 Å². The van der Waals surface area contributed by atoms with Gasteiger partial charge in [-0.15, -0.1) is 0 Å². The number of benzene rings is 3. The predicted octanol–water partition coefficient (Wildman–Crippen LogP) is 4.99. The number of aliphatic imine (C=N–C) groups is 1. The Labute approximate surface area is 195 Å². The number of hydrogen-bond donors (Lipinski definition) is 1. The van der Waals surface area contributed by atoms with E-state index in [-0.39, 0.29) is 30.6 Å². The van der Waals surface area contributed by atoms with E-state index in [1.54, 1.807) is 35.2 Å². The summed E-state index contributed by atoms with van der Waals surface area (Å²) in [6, 6.07) is 22.4. The van der Waals surface area contributed by atoms with Crippen molar-refractivity contribution in [3.05, 3.63) is 90.2 Å². The second-order valence-electron chi connectivity index (χ2n) is 7.34. The number of rotatable bonds is 7. The summed E-state index contributed by atoms with van der Waals surface area (Å²) in [6.07, 6.45) is -0.0186. The number of amides is 2. The fourth-order valence-electron chi connectivity index (χ4n) is 3.37. The number of para-hydroxylation sites is 3. The lowest BCUT2D eigenvalue weighted by Gasteiger charge is -2.17. The van der Waals surface area contributed by atoms with Crippen molar-refractivity contribution in [2.24, 2.45) is 4.99 Å². The van der Waals surface area contributed by atoms with Crippen molar-refractivity contribution < 1.29 is 18.7 Å². The summed E-state index contributed by atoms with van der Waals surface area (Å²) in [4.78, 5) is 32.1. The Morgan fingerprint density at radius 2 is 1.76 bits per heavy atom.